The van der Waals surface area contributed by atoms with Gasteiger partial charge in [-0.25, -0.2) is 0 Å². The van der Waals surface area contributed by atoms with E-state index < -0.39 is 0 Å². The normalized spacial score (nSPS) is 2.75. The summed E-state index contributed by atoms with van der Waals surface area (Å²) >= 11 is 4.72. The van der Waals surface area contributed by atoms with Crippen molar-refractivity contribution in [2.45, 2.75) is 0 Å². The maximum absolute atomic E-state index is 7.94. The summed E-state index contributed by atoms with van der Waals surface area (Å²) in [5.41, 5.74) is 0. The Morgan fingerprint density at radius 3 is 1.50 bits per heavy atom. The molecule has 4 heavy (non-hydrogen) atoms. The molecule has 0 N–H and O–H groups in total. The van der Waals surface area contributed by atoms with Gasteiger partial charge in [-0.2, -0.15) is 0 Å². The topological polar surface area (TPSA) is 17.1 Å². The van der Waals surface area contributed by atoms with Crippen LogP contribution in [0.3, 0.4) is 0 Å². The minimum absolute atomic E-state index is 2.31. The van der Waals surface area contributed by atoms with Crippen LogP contribution < -0.4 is 0 Å². The van der Waals surface area contributed by atoms with Crippen LogP contribution in [0.25, 0.3) is 0 Å². The van der Waals surface area contributed by atoms with Gasteiger partial charge in [0.05, 0.1) is 0 Å². The molecule has 1 nitrogen and oxygen atoms in total. The van der Waals surface area contributed by atoms with E-state index in [9.17, 15) is 0 Å². The fourth-order valence-electron chi connectivity index (χ4n) is 0. The summed E-state index contributed by atoms with van der Waals surface area (Å²) in [7, 11) is 4.45. The summed E-state index contributed by atoms with van der Waals surface area (Å²) in [6, 6.07) is 0. The van der Waals surface area contributed by atoms with E-state index in [1.165, 1.54) is 0 Å². The molecule has 0 rings (SSSR count). The molecule has 0 saturated heterocycles. The molecule has 0 aromatic rings. The second-order valence-corrected chi connectivity index (χ2v) is 0. The quantitative estimate of drug-likeness (QED) is 0.480. The van der Waals surface area contributed by atoms with Crippen LogP contribution in [0.2, 0.25) is 0 Å². The second kappa shape index (κ2) is 32.1. The van der Waals surface area contributed by atoms with Gasteiger partial charge in [0.15, 0.2) is 0 Å². The third kappa shape index (κ3) is 11.2. The van der Waals surface area contributed by atoms with Crippen LogP contribution in [0.15, 0.2) is 0 Å². The van der Waals surface area contributed by atoms with Crippen LogP contribution in [0.4, 0.5) is 0 Å². The van der Waals surface area contributed by atoms with Gasteiger partial charge in [0.2, 0.25) is 0 Å². The first-order valence-corrected chi connectivity index (χ1v) is 2.33. The van der Waals surface area contributed by atoms with Crippen molar-refractivity contribution >= 4 is 10.1 Å². The molecule has 0 saturated carbocycles. The molecule has 0 aliphatic rings. The van der Waals surface area contributed by atoms with Gasteiger partial charge in [0.1, 0.15) is 0 Å². The van der Waals surface area contributed by atoms with Gasteiger partial charge in [-0.05, 0) is 0 Å². The zero-order valence-electron chi connectivity index (χ0n) is 1.50. The standard InChI is InChI=1S/ClH.Co.Mn.O/h1H;;;/q;;+1;/p-1. The van der Waals surface area contributed by atoms with Crippen LogP contribution in [0.5, 0.6) is 0 Å². The van der Waals surface area contributed by atoms with Crippen LogP contribution in [-0.2, 0) is 34.6 Å². The number of rotatable bonds is 0. The molecular formula is ClCoMnO. The first-order chi connectivity index (χ1) is 2.00. The van der Waals surface area contributed by atoms with Gasteiger partial charge < -0.3 is 0 Å². The predicted octanol–water partition coefficient (Wildman–Crippen LogP) is 0.566. The fourth-order valence-corrected chi connectivity index (χ4v) is 0. The van der Waals surface area contributed by atoms with Crippen molar-refractivity contribution < 1.29 is 34.6 Å². The van der Waals surface area contributed by atoms with E-state index >= 15 is 0 Å². The van der Waals surface area contributed by atoms with Gasteiger partial charge in [-0.3, -0.25) is 0 Å². The Labute approximate surface area is 44.9 Å². The Balaban J connectivity index is 0. The minimum atomic E-state index is 2.31. The van der Waals surface area contributed by atoms with E-state index in [4.69, 9.17) is 3.87 Å². The zero-order chi connectivity index (χ0) is 4.00. The summed E-state index contributed by atoms with van der Waals surface area (Å²) in [5, 5.41) is 0. The third-order valence-corrected chi connectivity index (χ3v) is 0. The number of halogens is 1. The Bertz CT molecular complexity index is 8.00. The molecule has 0 aromatic heterocycles. The fraction of sp³-hybridized carbons (Fsp3) is 0. The van der Waals surface area contributed by atoms with Crippen LogP contribution in [-0.4, -0.2) is 0 Å². The average molecular weight is 165 g/mol. The van der Waals surface area contributed by atoms with E-state index in [0.29, 0.717) is 0 Å². The SMILES string of the molecule is [Cl][Mn].[O]=[Co]. The molecule has 29 valence electrons. The van der Waals surface area contributed by atoms with Crippen molar-refractivity contribution in [2.75, 3.05) is 0 Å². The Hall–Kier alpha value is 1.12. The molecule has 0 aromatic carbocycles. The molecule has 0 unspecified atom stereocenters. The van der Waals surface area contributed by atoms with Crippen LogP contribution in [0.1, 0.15) is 0 Å². The molecule has 0 bridgehead atoms. The Morgan fingerprint density at radius 2 is 1.50 bits per heavy atom. The summed E-state index contributed by atoms with van der Waals surface area (Å²) in [5.74, 6) is 0. The van der Waals surface area contributed by atoms with E-state index in [0.717, 1.165) is 0 Å². The van der Waals surface area contributed by atoms with Crippen molar-refractivity contribution in [1.29, 1.82) is 0 Å². The number of hydrogen-bond acceptors (Lipinski definition) is 1. The summed E-state index contributed by atoms with van der Waals surface area (Å²) in [4.78, 5) is 0. The van der Waals surface area contributed by atoms with E-state index in [1.807, 2.05) is 0 Å². The van der Waals surface area contributed by atoms with Crippen molar-refractivity contribution in [2.24, 2.45) is 0 Å². The van der Waals surface area contributed by atoms with Crippen molar-refractivity contribution in [3.05, 3.63) is 0 Å². The first-order valence-electron chi connectivity index (χ1n) is 0.279. The molecular weight excluding hydrogens is 165 g/mol. The Kier molecular flexibility index (Phi) is 71.6. The Morgan fingerprint density at radius 1 is 1.50 bits per heavy atom. The molecule has 4 heteroatoms. The van der Waals surface area contributed by atoms with Gasteiger partial charge in [0.25, 0.3) is 0 Å². The van der Waals surface area contributed by atoms with Crippen LogP contribution in [0, 0.1) is 0 Å². The summed E-state index contributed by atoms with van der Waals surface area (Å²) in [6.07, 6.45) is 0. The van der Waals surface area contributed by atoms with Gasteiger partial charge in [-0.1, -0.05) is 0 Å². The molecule has 0 radical (unpaired) electrons. The van der Waals surface area contributed by atoms with Crippen molar-refractivity contribution in [3.8, 4) is 0 Å². The molecule has 0 aliphatic carbocycles. The maximum atomic E-state index is 7.94. The van der Waals surface area contributed by atoms with E-state index in [-0.39, 0.29) is 0 Å². The number of hydrogen-bond donors (Lipinski definition) is 0. The molecule has 0 aliphatic heterocycles. The molecule has 0 atom stereocenters. The first kappa shape index (κ1) is 8.93. The van der Waals surface area contributed by atoms with Crippen molar-refractivity contribution in [3.63, 3.8) is 0 Å². The van der Waals surface area contributed by atoms with E-state index in [2.05, 4.69) is 40.9 Å². The molecule has 0 spiro atoms. The van der Waals surface area contributed by atoms with Gasteiger partial charge in [-0.15, -0.1) is 0 Å². The van der Waals surface area contributed by atoms with Crippen LogP contribution >= 0.6 is 10.1 Å². The molecule has 0 heterocycles. The monoisotopic (exact) mass is 165 g/mol. The summed E-state index contributed by atoms with van der Waals surface area (Å²) < 4.78 is 7.94. The average Bonchev–Trinajstić information content (AvgIpc) is 1.50. The second-order valence-electron chi connectivity index (χ2n) is 0. The zero-order valence-corrected chi connectivity index (χ0v) is 4.47. The molecule has 0 fully saturated rings. The molecule has 0 amide bonds. The van der Waals surface area contributed by atoms with Gasteiger partial charge in [0, 0.05) is 0 Å². The van der Waals surface area contributed by atoms with Gasteiger partial charge >= 0.3 is 44.7 Å². The van der Waals surface area contributed by atoms with Crippen molar-refractivity contribution in [1.82, 2.24) is 0 Å². The van der Waals surface area contributed by atoms with E-state index in [1.54, 1.807) is 0 Å². The third-order valence-electron chi connectivity index (χ3n) is 0. The predicted molar refractivity (Wildman–Crippen MR) is 6.54 cm³/mol. The summed E-state index contributed by atoms with van der Waals surface area (Å²) in [6.45, 7) is 0.